The summed E-state index contributed by atoms with van der Waals surface area (Å²) in [6, 6.07) is 13.7. The van der Waals surface area contributed by atoms with Crippen LogP contribution in [0.1, 0.15) is 22.7 Å². The number of likely N-dealkylation sites (N-methyl/N-ethyl adjacent to an activating group) is 1. The second kappa shape index (κ2) is 7.15. The summed E-state index contributed by atoms with van der Waals surface area (Å²) >= 11 is 0. The van der Waals surface area contributed by atoms with Crippen LogP contribution in [0, 0.1) is 13.8 Å². The van der Waals surface area contributed by atoms with Crippen LogP contribution in [0.4, 0.5) is 5.69 Å². The molecule has 0 saturated heterocycles. The van der Waals surface area contributed by atoms with Gasteiger partial charge in [-0.3, -0.25) is 4.79 Å². The van der Waals surface area contributed by atoms with Gasteiger partial charge in [0.05, 0.1) is 6.26 Å². The highest BCUT2D eigenvalue weighted by molar-refractivity contribution is 7.88. The molecule has 0 aromatic heterocycles. The maximum absolute atomic E-state index is 12.9. The molecule has 1 amide bonds. The molecular weight excluding hydrogens is 324 g/mol. The molecule has 128 valence electrons. The zero-order valence-corrected chi connectivity index (χ0v) is 15.1. The molecule has 1 N–H and O–H groups in total. The molecule has 1 unspecified atom stereocenters. The van der Waals surface area contributed by atoms with Crippen LogP contribution < -0.4 is 5.32 Å². The first-order valence-electron chi connectivity index (χ1n) is 7.57. The Bertz CT molecular complexity index is 812. The number of carbonyl (C=O) groups excluding carboxylic acids is 1. The molecule has 0 saturated carbocycles. The third-order valence-electron chi connectivity index (χ3n) is 3.98. The van der Waals surface area contributed by atoms with Gasteiger partial charge < -0.3 is 5.32 Å². The Morgan fingerprint density at radius 3 is 2.04 bits per heavy atom. The second-order valence-corrected chi connectivity index (χ2v) is 7.89. The molecule has 0 fully saturated rings. The van der Waals surface area contributed by atoms with E-state index in [0.29, 0.717) is 11.3 Å². The maximum Gasteiger partial charge on any atom is 0.247 e. The summed E-state index contributed by atoms with van der Waals surface area (Å²) in [5.41, 5.74) is 3.19. The molecule has 2 aromatic rings. The van der Waals surface area contributed by atoms with E-state index in [0.717, 1.165) is 21.7 Å². The summed E-state index contributed by atoms with van der Waals surface area (Å²) in [5.74, 6) is -0.383. The molecule has 0 spiro atoms. The standard InChI is InChI=1S/C18H22N2O3S/c1-13-9-8-10-14(2)16(13)19-18(21)17(20(3)24(4,22)23)15-11-6-5-7-12-15/h5-12,17H,1-4H3,(H,19,21). The van der Waals surface area contributed by atoms with Gasteiger partial charge in [-0.1, -0.05) is 48.5 Å². The molecule has 0 bridgehead atoms. The second-order valence-electron chi connectivity index (χ2n) is 5.85. The third-order valence-corrected chi connectivity index (χ3v) is 5.24. The summed E-state index contributed by atoms with van der Waals surface area (Å²) in [7, 11) is -2.12. The molecule has 0 aliphatic carbocycles. The third kappa shape index (κ3) is 4.01. The lowest BCUT2D eigenvalue weighted by atomic mass is 10.0. The molecule has 0 radical (unpaired) electrons. The average Bonchev–Trinajstić information content (AvgIpc) is 2.51. The van der Waals surface area contributed by atoms with Crippen molar-refractivity contribution < 1.29 is 13.2 Å². The van der Waals surface area contributed by atoms with Crippen molar-refractivity contribution in [3.63, 3.8) is 0 Å². The van der Waals surface area contributed by atoms with Crippen molar-refractivity contribution in [1.82, 2.24) is 4.31 Å². The average molecular weight is 346 g/mol. The number of sulfonamides is 1. The van der Waals surface area contributed by atoms with Gasteiger partial charge in [-0.25, -0.2) is 8.42 Å². The maximum atomic E-state index is 12.9. The van der Waals surface area contributed by atoms with E-state index in [1.54, 1.807) is 24.3 Å². The number of nitrogens with one attached hydrogen (secondary N) is 1. The highest BCUT2D eigenvalue weighted by Gasteiger charge is 2.31. The summed E-state index contributed by atoms with van der Waals surface area (Å²) in [6.45, 7) is 3.81. The number of amides is 1. The fourth-order valence-corrected chi connectivity index (χ4v) is 3.16. The first-order valence-corrected chi connectivity index (χ1v) is 9.41. The van der Waals surface area contributed by atoms with Crippen molar-refractivity contribution in [3.8, 4) is 0 Å². The van der Waals surface area contributed by atoms with E-state index in [1.165, 1.54) is 7.05 Å². The van der Waals surface area contributed by atoms with Gasteiger partial charge in [0.2, 0.25) is 15.9 Å². The number of anilines is 1. The Labute approximate surface area is 143 Å². The smallest absolute Gasteiger partial charge is 0.247 e. The van der Waals surface area contributed by atoms with Crippen LogP contribution in [-0.4, -0.2) is 31.9 Å². The number of benzene rings is 2. The Hall–Kier alpha value is -2.18. The minimum absolute atomic E-state index is 0.383. The normalized spacial score (nSPS) is 12.9. The fraction of sp³-hybridized carbons (Fsp3) is 0.278. The summed E-state index contributed by atoms with van der Waals surface area (Å²) in [5, 5.41) is 2.89. The molecule has 24 heavy (non-hydrogen) atoms. The first kappa shape index (κ1) is 18.2. The van der Waals surface area contributed by atoms with Gasteiger partial charge in [-0.05, 0) is 30.5 Å². The SMILES string of the molecule is Cc1cccc(C)c1NC(=O)C(c1ccccc1)N(C)S(C)(=O)=O. The van der Waals surface area contributed by atoms with Crippen molar-refractivity contribution in [3.05, 3.63) is 65.2 Å². The van der Waals surface area contributed by atoms with Gasteiger partial charge in [0.1, 0.15) is 6.04 Å². The number of rotatable bonds is 5. The Kier molecular flexibility index (Phi) is 5.41. The van der Waals surface area contributed by atoms with Crippen LogP contribution in [0.25, 0.3) is 0 Å². The van der Waals surface area contributed by atoms with Crippen molar-refractivity contribution in [1.29, 1.82) is 0 Å². The van der Waals surface area contributed by atoms with Crippen molar-refractivity contribution in [2.75, 3.05) is 18.6 Å². The van der Waals surface area contributed by atoms with Gasteiger partial charge in [-0.2, -0.15) is 4.31 Å². The Balaban J connectivity index is 2.42. The largest absolute Gasteiger partial charge is 0.324 e. The predicted molar refractivity (Wildman–Crippen MR) is 96.3 cm³/mol. The van der Waals surface area contributed by atoms with E-state index in [-0.39, 0.29) is 5.91 Å². The first-order chi connectivity index (χ1) is 11.2. The number of aryl methyl sites for hydroxylation is 2. The molecule has 6 heteroatoms. The van der Waals surface area contributed by atoms with Gasteiger partial charge in [-0.15, -0.1) is 0 Å². The Morgan fingerprint density at radius 1 is 1.00 bits per heavy atom. The molecule has 0 heterocycles. The Morgan fingerprint density at radius 2 is 1.54 bits per heavy atom. The van der Waals surface area contributed by atoms with E-state index < -0.39 is 16.1 Å². The van der Waals surface area contributed by atoms with Crippen LogP contribution in [-0.2, 0) is 14.8 Å². The van der Waals surface area contributed by atoms with E-state index >= 15 is 0 Å². The summed E-state index contributed by atoms with van der Waals surface area (Å²) in [6.07, 6.45) is 1.09. The lowest BCUT2D eigenvalue weighted by Gasteiger charge is -2.26. The van der Waals surface area contributed by atoms with Crippen LogP contribution in [0.3, 0.4) is 0 Å². The molecule has 1 atom stereocenters. The van der Waals surface area contributed by atoms with Crippen LogP contribution in [0.2, 0.25) is 0 Å². The van der Waals surface area contributed by atoms with E-state index in [2.05, 4.69) is 5.32 Å². The fourth-order valence-electron chi connectivity index (χ4n) is 2.56. The van der Waals surface area contributed by atoms with Gasteiger partial charge in [0.25, 0.3) is 0 Å². The van der Waals surface area contributed by atoms with Gasteiger partial charge in [0.15, 0.2) is 0 Å². The van der Waals surface area contributed by atoms with E-state index in [1.807, 2.05) is 38.1 Å². The molecule has 2 aromatic carbocycles. The van der Waals surface area contributed by atoms with Gasteiger partial charge >= 0.3 is 0 Å². The van der Waals surface area contributed by atoms with Crippen LogP contribution in [0.5, 0.6) is 0 Å². The van der Waals surface area contributed by atoms with Crippen LogP contribution >= 0.6 is 0 Å². The molecule has 0 aliphatic rings. The lowest BCUT2D eigenvalue weighted by Crippen LogP contribution is -2.38. The minimum Gasteiger partial charge on any atom is -0.324 e. The van der Waals surface area contributed by atoms with E-state index in [4.69, 9.17) is 0 Å². The highest BCUT2D eigenvalue weighted by Crippen LogP contribution is 2.26. The number of nitrogens with zero attached hydrogens (tertiary/aromatic N) is 1. The highest BCUT2D eigenvalue weighted by atomic mass is 32.2. The quantitative estimate of drug-likeness (QED) is 0.905. The topological polar surface area (TPSA) is 66.5 Å². The number of hydrogen-bond acceptors (Lipinski definition) is 3. The zero-order valence-electron chi connectivity index (χ0n) is 14.3. The predicted octanol–water partition coefficient (Wildman–Crippen LogP) is 2.87. The van der Waals surface area contributed by atoms with Crippen molar-refractivity contribution in [2.45, 2.75) is 19.9 Å². The number of hydrogen-bond donors (Lipinski definition) is 1. The minimum atomic E-state index is -3.54. The summed E-state index contributed by atoms with van der Waals surface area (Å²) in [4.78, 5) is 12.9. The molecule has 2 rings (SSSR count). The lowest BCUT2D eigenvalue weighted by molar-refractivity contribution is -0.119. The molecule has 0 aliphatic heterocycles. The molecular formula is C18H22N2O3S. The van der Waals surface area contributed by atoms with E-state index in [9.17, 15) is 13.2 Å². The number of carbonyl (C=O) groups is 1. The summed E-state index contributed by atoms with van der Waals surface area (Å²) < 4.78 is 25.1. The van der Waals surface area contributed by atoms with Crippen molar-refractivity contribution in [2.24, 2.45) is 0 Å². The van der Waals surface area contributed by atoms with Crippen molar-refractivity contribution >= 4 is 21.6 Å². The number of para-hydroxylation sites is 1. The zero-order chi connectivity index (χ0) is 17.9. The molecule has 5 nitrogen and oxygen atoms in total. The van der Waals surface area contributed by atoms with Gasteiger partial charge in [0, 0.05) is 12.7 Å². The van der Waals surface area contributed by atoms with Crippen LogP contribution in [0.15, 0.2) is 48.5 Å². The monoisotopic (exact) mass is 346 g/mol.